The van der Waals surface area contributed by atoms with Crippen molar-refractivity contribution in [3.8, 4) is 5.75 Å². The van der Waals surface area contributed by atoms with Crippen LogP contribution in [-0.2, 0) is 0 Å². The van der Waals surface area contributed by atoms with E-state index in [-0.39, 0.29) is 0 Å². The monoisotopic (exact) mass is 208 g/mol. The van der Waals surface area contributed by atoms with Crippen LogP contribution in [0.5, 0.6) is 5.75 Å². The Hall–Kier alpha value is -1.48. The second-order valence-electron chi connectivity index (χ2n) is 2.88. The van der Waals surface area contributed by atoms with E-state index in [4.69, 9.17) is 22.1 Å². The zero-order valence-corrected chi connectivity index (χ0v) is 8.38. The molecule has 0 bridgehead atoms. The van der Waals surface area contributed by atoms with Crippen molar-refractivity contribution in [2.45, 2.75) is 0 Å². The molecule has 0 aliphatic rings. The molecular formula is C10H9ClN2O. The summed E-state index contributed by atoms with van der Waals surface area (Å²) in [6.45, 7) is 0. The van der Waals surface area contributed by atoms with Gasteiger partial charge in [-0.2, -0.15) is 0 Å². The largest absolute Gasteiger partial charge is 0.495 e. The molecule has 14 heavy (non-hydrogen) atoms. The van der Waals surface area contributed by atoms with Gasteiger partial charge in [0.2, 0.25) is 0 Å². The number of anilines is 1. The summed E-state index contributed by atoms with van der Waals surface area (Å²) in [5.74, 6) is 1.03. The summed E-state index contributed by atoms with van der Waals surface area (Å²) < 4.78 is 5.09. The number of nitrogens with two attached hydrogens (primary N) is 1. The molecule has 1 heterocycles. The molecule has 0 unspecified atom stereocenters. The van der Waals surface area contributed by atoms with Crippen LogP contribution < -0.4 is 10.5 Å². The highest BCUT2D eigenvalue weighted by molar-refractivity contribution is 6.37. The normalized spacial score (nSPS) is 10.4. The van der Waals surface area contributed by atoms with Crippen LogP contribution >= 0.6 is 11.6 Å². The lowest BCUT2D eigenvalue weighted by atomic mass is 10.1. The predicted molar refractivity (Wildman–Crippen MR) is 57.7 cm³/mol. The van der Waals surface area contributed by atoms with Crippen molar-refractivity contribution in [2.24, 2.45) is 0 Å². The van der Waals surface area contributed by atoms with E-state index < -0.39 is 0 Å². The minimum Gasteiger partial charge on any atom is -0.495 e. The zero-order valence-electron chi connectivity index (χ0n) is 7.62. The first-order valence-electron chi connectivity index (χ1n) is 4.10. The van der Waals surface area contributed by atoms with Gasteiger partial charge in [0.05, 0.1) is 12.1 Å². The number of rotatable bonds is 1. The van der Waals surface area contributed by atoms with E-state index in [0.29, 0.717) is 16.6 Å². The van der Waals surface area contributed by atoms with Gasteiger partial charge in [-0.05, 0) is 17.5 Å². The van der Waals surface area contributed by atoms with Crippen LogP contribution in [0.3, 0.4) is 0 Å². The predicted octanol–water partition coefficient (Wildman–Crippen LogP) is 2.48. The van der Waals surface area contributed by atoms with Gasteiger partial charge in [0.15, 0.2) is 0 Å². The summed E-state index contributed by atoms with van der Waals surface area (Å²) in [4.78, 5) is 3.98. The summed E-state index contributed by atoms with van der Waals surface area (Å²) in [5, 5.41) is 2.22. The van der Waals surface area contributed by atoms with Crippen molar-refractivity contribution in [3.63, 3.8) is 0 Å². The Morgan fingerprint density at radius 3 is 2.86 bits per heavy atom. The van der Waals surface area contributed by atoms with Crippen LogP contribution in [0.25, 0.3) is 10.8 Å². The fourth-order valence-corrected chi connectivity index (χ4v) is 1.74. The number of benzene rings is 1. The third kappa shape index (κ3) is 1.26. The summed E-state index contributed by atoms with van der Waals surface area (Å²) >= 11 is 6.10. The van der Waals surface area contributed by atoms with Crippen molar-refractivity contribution in [2.75, 3.05) is 12.8 Å². The van der Waals surface area contributed by atoms with Crippen LogP contribution in [0.4, 0.5) is 5.82 Å². The standard InChI is InChI=1S/C10H9ClN2O/c1-14-7-3-2-6-4-5-13-10(12)8(6)9(7)11/h2-5H,1H3,(H2,12,13). The molecule has 2 rings (SSSR count). The Kier molecular flexibility index (Phi) is 2.17. The molecule has 0 saturated heterocycles. The second kappa shape index (κ2) is 3.35. The van der Waals surface area contributed by atoms with Gasteiger partial charge < -0.3 is 10.5 Å². The molecule has 3 nitrogen and oxygen atoms in total. The maximum atomic E-state index is 6.10. The molecule has 2 N–H and O–H groups in total. The van der Waals surface area contributed by atoms with Gasteiger partial charge in [-0.1, -0.05) is 17.7 Å². The Balaban J connectivity index is 2.86. The highest BCUT2D eigenvalue weighted by atomic mass is 35.5. The van der Waals surface area contributed by atoms with Crippen LogP contribution in [0.15, 0.2) is 24.4 Å². The molecule has 1 aromatic carbocycles. The van der Waals surface area contributed by atoms with Crippen molar-refractivity contribution in [3.05, 3.63) is 29.4 Å². The first-order valence-corrected chi connectivity index (χ1v) is 4.48. The molecule has 0 radical (unpaired) electrons. The van der Waals surface area contributed by atoms with Gasteiger partial charge in [-0.15, -0.1) is 0 Å². The summed E-state index contributed by atoms with van der Waals surface area (Å²) in [7, 11) is 1.57. The van der Waals surface area contributed by atoms with E-state index in [2.05, 4.69) is 4.98 Å². The van der Waals surface area contributed by atoms with Crippen LogP contribution in [-0.4, -0.2) is 12.1 Å². The van der Waals surface area contributed by atoms with Crippen molar-refractivity contribution in [1.29, 1.82) is 0 Å². The maximum Gasteiger partial charge on any atom is 0.138 e. The fourth-order valence-electron chi connectivity index (χ4n) is 1.39. The van der Waals surface area contributed by atoms with E-state index in [0.717, 1.165) is 10.8 Å². The zero-order chi connectivity index (χ0) is 10.1. The van der Waals surface area contributed by atoms with Gasteiger partial charge in [0.25, 0.3) is 0 Å². The van der Waals surface area contributed by atoms with Gasteiger partial charge in [-0.25, -0.2) is 4.98 Å². The lowest BCUT2D eigenvalue weighted by Crippen LogP contribution is -1.93. The van der Waals surface area contributed by atoms with E-state index >= 15 is 0 Å². The van der Waals surface area contributed by atoms with Crippen LogP contribution in [0.1, 0.15) is 0 Å². The third-order valence-electron chi connectivity index (χ3n) is 2.08. The molecule has 0 atom stereocenters. The minimum atomic E-state index is 0.423. The fraction of sp³-hybridized carbons (Fsp3) is 0.100. The van der Waals surface area contributed by atoms with Crippen molar-refractivity contribution >= 4 is 28.2 Å². The number of halogens is 1. The van der Waals surface area contributed by atoms with E-state index in [9.17, 15) is 0 Å². The second-order valence-corrected chi connectivity index (χ2v) is 3.25. The quantitative estimate of drug-likeness (QED) is 0.783. The highest BCUT2D eigenvalue weighted by Crippen LogP contribution is 2.34. The maximum absolute atomic E-state index is 6.10. The first-order chi connectivity index (χ1) is 6.74. The molecule has 2 aromatic rings. The topological polar surface area (TPSA) is 48.1 Å². The molecule has 72 valence electrons. The number of hydrogen-bond donors (Lipinski definition) is 1. The van der Waals surface area contributed by atoms with Gasteiger partial charge in [0, 0.05) is 11.6 Å². The Bertz CT molecular complexity index is 485. The average Bonchev–Trinajstić information content (AvgIpc) is 2.18. The van der Waals surface area contributed by atoms with Crippen molar-refractivity contribution < 1.29 is 4.74 Å². The van der Waals surface area contributed by atoms with E-state index in [1.165, 1.54) is 0 Å². The highest BCUT2D eigenvalue weighted by Gasteiger charge is 2.08. The van der Waals surface area contributed by atoms with E-state index in [1.807, 2.05) is 18.2 Å². The van der Waals surface area contributed by atoms with E-state index in [1.54, 1.807) is 13.3 Å². The molecule has 0 spiro atoms. The summed E-state index contributed by atoms with van der Waals surface area (Å²) in [6, 6.07) is 5.57. The molecule has 1 aromatic heterocycles. The molecular weight excluding hydrogens is 200 g/mol. The van der Waals surface area contributed by atoms with Gasteiger partial charge in [-0.3, -0.25) is 0 Å². The number of hydrogen-bond acceptors (Lipinski definition) is 3. The summed E-state index contributed by atoms with van der Waals surface area (Å²) in [6.07, 6.45) is 1.65. The van der Waals surface area contributed by atoms with Crippen LogP contribution in [0.2, 0.25) is 5.02 Å². The Labute approximate surface area is 86.5 Å². The molecule has 0 fully saturated rings. The lowest BCUT2D eigenvalue weighted by Gasteiger charge is -2.07. The molecule has 0 aliphatic heterocycles. The molecule has 0 saturated carbocycles. The van der Waals surface area contributed by atoms with Gasteiger partial charge >= 0.3 is 0 Å². The smallest absolute Gasteiger partial charge is 0.138 e. The average molecular weight is 209 g/mol. The number of pyridine rings is 1. The van der Waals surface area contributed by atoms with Crippen molar-refractivity contribution in [1.82, 2.24) is 4.98 Å². The van der Waals surface area contributed by atoms with Crippen LogP contribution in [0, 0.1) is 0 Å². The SMILES string of the molecule is COc1ccc2ccnc(N)c2c1Cl. The third-order valence-corrected chi connectivity index (χ3v) is 2.46. The Morgan fingerprint density at radius 1 is 1.36 bits per heavy atom. The molecule has 0 aliphatic carbocycles. The lowest BCUT2D eigenvalue weighted by molar-refractivity contribution is 0.415. The number of methoxy groups -OCH3 is 1. The number of nitrogen functional groups attached to an aromatic ring is 1. The molecule has 4 heteroatoms. The number of aromatic nitrogens is 1. The number of ether oxygens (including phenoxy) is 1. The summed E-state index contributed by atoms with van der Waals surface area (Å²) in [5.41, 5.74) is 5.73. The van der Waals surface area contributed by atoms with Gasteiger partial charge in [0.1, 0.15) is 11.6 Å². The Morgan fingerprint density at radius 2 is 2.14 bits per heavy atom. The minimum absolute atomic E-state index is 0.423. The number of fused-ring (bicyclic) bond motifs is 1. The molecule has 0 amide bonds. The number of nitrogens with zero attached hydrogens (tertiary/aromatic N) is 1. The first kappa shape index (κ1) is 9.09.